The highest BCUT2D eigenvalue weighted by atomic mass is 35.5. The number of benzene rings is 1. The number of nitrogens with zero attached hydrogens (tertiary/aromatic N) is 1. The van der Waals surface area contributed by atoms with Crippen molar-refractivity contribution in [3.05, 3.63) is 44.9 Å². The zero-order valence-corrected chi connectivity index (χ0v) is 14.4. The minimum absolute atomic E-state index is 0.228. The van der Waals surface area contributed by atoms with Gasteiger partial charge in [-0.25, -0.2) is 14.6 Å². The molecule has 24 heavy (non-hydrogen) atoms. The molecule has 0 aliphatic carbocycles. The molecule has 1 aliphatic heterocycles. The lowest BCUT2D eigenvalue weighted by Gasteiger charge is -2.06. The molecule has 1 saturated heterocycles. The number of esters is 2. The third-order valence-corrected chi connectivity index (χ3v) is 4.70. The molecule has 0 amide bonds. The third-order valence-electron chi connectivity index (χ3n) is 3.34. The molecule has 0 N–H and O–H groups in total. The highest BCUT2D eigenvalue weighted by molar-refractivity contribution is 7.13. The smallest absolute Gasteiger partial charge is 0.351 e. The molecule has 6 nitrogen and oxygen atoms in total. The molecule has 3 rings (SSSR count). The number of hydrogen-bond acceptors (Lipinski definition) is 7. The van der Waals surface area contributed by atoms with Gasteiger partial charge < -0.3 is 14.2 Å². The molecule has 0 bridgehead atoms. The molecule has 126 valence electrons. The minimum atomic E-state index is -0.826. The van der Waals surface area contributed by atoms with Gasteiger partial charge in [0.15, 0.2) is 0 Å². The second-order valence-electron chi connectivity index (χ2n) is 5.11. The van der Waals surface area contributed by atoms with E-state index in [0.29, 0.717) is 32.8 Å². The van der Waals surface area contributed by atoms with Crippen LogP contribution in [0.25, 0.3) is 0 Å². The Morgan fingerprint density at radius 2 is 2.17 bits per heavy atom. The molecule has 1 fully saturated rings. The summed E-state index contributed by atoms with van der Waals surface area (Å²) in [5.74, 6) is -0.409. The van der Waals surface area contributed by atoms with Crippen molar-refractivity contribution in [3.8, 4) is 5.75 Å². The minimum Gasteiger partial charge on any atom is -0.486 e. The normalized spacial score (nSPS) is 16.8. The summed E-state index contributed by atoms with van der Waals surface area (Å²) < 4.78 is 15.6. The van der Waals surface area contributed by atoms with Crippen LogP contribution in [0.1, 0.15) is 26.8 Å². The van der Waals surface area contributed by atoms with Crippen LogP contribution in [0.3, 0.4) is 0 Å². The maximum absolute atomic E-state index is 12.2. The van der Waals surface area contributed by atoms with Gasteiger partial charge in [-0.1, -0.05) is 11.6 Å². The fourth-order valence-corrected chi connectivity index (χ4v) is 3.13. The van der Waals surface area contributed by atoms with Gasteiger partial charge in [0.1, 0.15) is 22.2 Å². The Balaban J connectivity index is 1.62. The molecular weight excluding hydrogens is 354 g/mol. The van der Waals surface area contributed by atoms with E-state index in [2.05, 4.69) is 4.98 Å². The van der Waals surface area contributed by atoms with Gasteiger partial charge in [-0.15, -0.1) is 11.3 Å². The summed E-state index contributed by atoms with van der Waals surface area (Å²) in [6.07, 6.45) is -0.442. The van der Waals surface area contributed by atoms with E-state index in [1.165, 1.54) is 11.3 Å². The van der Waals surface area contributed by atoms with Gasteiger partial charge in [0.2, 0.25) is 6.10 Å². The van der Waals surface area contributed by atoms with E-state index >= 15 is 0 Å². The zero-order valence-electron chi connectivity index (χ0n) is 12.8. The molecule has 2 heterocycles. The van der Waals surface area contributed by atoms with Gasteiger partial charge in [-0.3, -0.25) is 0 Å². The van der Waals surface area contributed by atoms with Crippen molar-refractivity contribution in [2.75, 3.05) is 6.61 Å². The largest absolute Gasteiger partial charge is 0.486 e. The highest BCUT2D eigenvalue weighted by Crippen LogP contribution is 2.23. The van der Waals surface area contributed by atoms with E-state index in [1.54, 1.807) is 31.2 Å². The first kappa shape index (κ1) is 16.7. The third kappa shape index (κ3) is 3.85. The van der Waals surface area contributed by atoms with Crippen LogP contribution in [0.5, 0.6) is 5.75 Å². The Hall–Kier alpha value is -2.12. The summed E-state index contributed by atoms with van der Waals surface area (Å²) in [5, 5.41) is 1.27. The SMILES string of the molecule is Cc1nc(COc2ccc(Cl)cc2)sc1C(=O)OC1CCOC1=O. The average Bonchev–Trinajstić information content (AvgIpc) is 3.13. The van der Waals surface area contributed by atoms with Gasteiger partial charge >= 0.3 is 11.9 Å². The molecule has 1 unspecified atom stereocenters. The first-order valence-corrected chi connectivity index (χ1v) is 8.44. The summed E-state index contributed by atoms with van der Waals surface area (Å²) in [6.45, 7) is 2.22. The van der Waals surface area contributed by atoms with Crippen molar-refractivity contribution in [2.45, 2.75) is 26.1 Å². The van der Waals surface area contributed by atoms with Crippen molar-refractivity contribution in [3.63, 3.8) is 0 Å². The van der Waals surface area contributed by atoms with Crippen LogP contribution in [-0.2, 0) is 20.9 Å². The number of ether oxygens (including phenoxy) is 3. The lowest BCUT2D eigenvalue weighted by Crippen LogP contribution is -2.22. The number of thiazole rings is 1. The van der Waals surface area contributed by atoms with Gasteiger partial charge in [-0.2, -0.15) is 0 Å². The van der Waals surface area contributed by atoms with Gasteiger partial charge in [-0.05, 0) is 31.2 Å². The topological polar surface area (TPSA) is 74.7 Å². The van der Waals surface area contributed by atoms with Crippen molar-refractivity contribution >= 4 is 34.9 Å². The van der Waals surface area contributed by atoms with Crippen molar-refractivity contribution in [2.24, 2.45) is 0 Å². The second-order valence-corrected chi connectivity index (χ2v) is 6.63. The number of aromatic nitrogens is 1. The molecule has 0 spiro atoms. The Morgan fingerprint density at radius 3 is 2.83 bits per heavy atom. The summed E-state index contributed by atoms with van der Waals surface area (Å²) in [7, 11) is 0. The van der Waals surface area contributed by atoms with Crippen LogP contribution in [0.15, 0.2) is 24.3 Å². The van der Waals surface area contributed by atoms with E-state index in [1.807, 2.05) is 0 Å². The first-order valence-electron chi connectivity index (χ1n) is 7.25. The standard InChI is InChI=1S/C16H14ClNO5S/c1-9-14(16(20)23-12-6-7-21-15(12)19)24-13(18-9)8-22-11-4-2-10(17)3-5-11/h2-5,12H,6-8H2,1H3. The number of hydrogen-bond donors (Lipinski definition) is 0. The molecule has 1 aromatic carbocycles. The lowest BCUT2D eigenvalue weighted by atomic mass is 10.3. The zero-order chi connectivity index (χ0) is 17.1. The number of carbonyl (C=O) groups excluding carboxylic acids is 2. The number of aryl methyl sites for hydroxylation is 1. The molecule has 1 aromatic heterocycles. The monoisotopic (exact) mass is 367 g/mol. The van der Waals surface area contributed by atoms with Crippen molar-refractivity contribution in [1.82, 2.24) is 4.98 Å². The first-order chi connectivity index (χ1) is 11.5. The Kier molecular flexibility index (Phi) is 5.01. The molecule has 8 heteroatoms. The van der Waals surface area contributed by atoms with Crippen LogP contribution in [0, 0.1) is 6.92 Å². The predicted molar refractivity (Wildman–Crippen MR) is 87.4 cm³/mol. The fourth-order valence-electron chi connectivity index (χ4n) is 2.15. The van der Waals surface area contributed by atoms with Crippen molar-refractivity contribution < 1.29 is 23.8 Å². The van der Waals surface area contributed by atoms with Crippen LogP contribution < -0.4 is 4.74 Å². The van der Waals surface area contributed by atoms with Crippen LogP contribution in [0.4, 0.5) is 0 Å². The van der Waals surface area contributed by atoms with Gasteiger partial charge in [0.25, 0.3) is 0 Å². The molecule has 2 aromatic rings. The van der Waals surface area contributed by atoms with E-state index in [0.717, 1.165) is 0 Å². The van der Waals surface area contributed by atoms with E-state index in [4.69, 9.17) is 25.8 Å². The van der Waals surface area contributed by atoms with E-state index in [9.17, 15) is 9.59 Å². The molecule has 0 saturated carbocycles. The maximum atomic E-state index is 12.2. The van der Waals surface area contributed by atoms with Crippen molar-refractivity contribution in [1.29, 1.82) is 0 Å². The summed E-state index contributed by atoms with van der Waals surface area (Å²) in [4.78, 5) is 28.2. The lowest BCUT2D eigenvalue weighted by molar-refractivity contribution is -0.145. The molecule has 1 aliphatic rings. The van der Waals surface area contributed by atoms with Crippen LogP contribution >= 0.6 is 22.9 Å². The number of rotatable bonds is 5. The van der Waals surface area contributed by atoms with E-state index in [-0.39, 0.29) is 13.2 Å². The number of carbonyl (C=O) groups is 2. The Bertz CT molecular complexity index is 758. The Morgan fingerprint density at radius 1 is 1.42 bits per heavy atom. The van der Waals surface area contributed by atoms with E-state index < -0.39 is 18.0 Å². The number of cyclic esters (lactones) is 1. The summed E-state index contributed by atoms with van der Waals surface area (Å²) >= 11 is 7.00. The molecule has 1 atom stereocenters. The maximum Gasteiger partial charge on any atom is 0.351 e. The Labute approximate surface area is 147 Å². The second kappa shape index (κ2) is 7.19. The van der Waals surface area contributed by atoms with Gasteiger partial charge in [0, 0.05) is 11.4 Å². The fraction of sp³-hybridized carbons (Fsp3) is 0.312. The number of halogens is 1. The van der Waals surface area contributed by atoms with Crippen LogP contribution in [-0.4, -0.2) is 29.6 Å². The predicted octanol–water partition coefficient (Wildman–Crippen LogP) is 3.16. The average molecular weight is 368 g/mol. The molecule has 0 radical (unpaired) electrons. The highest BCUT2D eigenvalue weighted by Gasteiger charge is 2.31. The quantitative estimate of drug-likeness (QED) is 0.756. The van der Waals surface area contributed by atoms with Crippen LogP contribution in [0.2, 0.25) is 5.02 Å². The van der Waals surface area contributed by atoms with Gasteiger partial charge in [0.05, 0.1) is 12.3 Å². The summed E-state index contributed by atoms with van der Waals surface area (Å²) in [5.41, 5.74) is 0.547. The molecular formula is C16H14ClNO5S. The summed E-state index contributed by atoms with van der Waals surface area (Å²) in [6, 6.07) is 6.97.